The molecule has 1 aliphatic rings. The van der Waals surface area contributed by atoms with E-state index < -0.39 is 30.2 Å². The van der Waals surface area contributed by atoms with Gasteiger partial charge in [0, 0.05) is 0 Å². The van der Waals surface area contributed by atoms with Gasteiger partial charge in [0.15, 0.2) is 6.10 Å². The first-order valence-electron chi connectivity index (χ1n) is 5.54. The van der Waals surface area contributed by atoms with Gasteiger partial charge in [0.25, 0.3) is 5.82 Å². The SMILES string of the molecule is O=C(O)C1CCC(c2nn3c(C(F)(F)F)nnc3s2)O1. The molecule has 0 amide bonds. The largest absolute Gasteiger partial charge is 0.479 e. The van der Waals surface area contributed by atoms with Crippen molar-refractivity contribution in [1.82, 2.24) is 19.8 Å². The van der Waals surface area contributed by atoms with Gasteiger partial charge in [0.05, 0.1) is 0 Å². The summed E-state index contributed by atoms with van der Waals surface area (Å²) in [6.07, 6.45) is -5.53. The molecular weight excluding hydrogens is 301 g/mol. The average Bonchev–Trinajstić information content (AvgIpc) is 3.01. The summed E-state index contributed by atoms with van der Waals surface area (Å²) in [5.74, 6) is -2.30. The van der Waals surface area contributed by atoms with E-state index in [2.05, 4.69) is 15.3 Å². The molecule has 0 aromatic carbocycles. The van der Waals surface area contributed by atoms with Gasteiger partial charge >= 0.3 is 12.1 Å². The van der Waals surface area contributed by atoms with E-state index in [0.29, 0.717) is 17.4 Å². The number of fused-ring (bicyclic) bond motifs is 1. The van der Waals surface area contributed by atoms with Crippen LogP contribution in [0.4, 0.5) is 13.2 Å². The number of hydrogen-bond donors (Lipinski definition) is 1. The van der Waals surface area contributed by atoms with E-state index in [9.17, 15) is 18.0 Å². The van der Waals surface area contributed by atoms with Crippen molar-refractivity contribution in [3.05, 3.63) is 10.8 Å². The second kappa shape index (κ2) is 4.38. The van der Waals surface area contributed by atoms with Crippen LogP contribution in [0, 0.1) is 0 Å². The summed E-state index contributed by atoms with van der Waals surface area (Å²) >= 11 is 0.906. The predicted molar refractivity (Wildman–Crippen MR) is 58.1 cm³/mol. The molecule has 0 saturated carbocycles. The quantitative estimate of drug-likeness (QED) is 0.904. The third kappa shape index (κ3) is 2.12. The van der Waals surface area contributed by atoms with Crippen molar-refractivity contribution < 1.29 is 27.8 Å². The first-order valence-corrected chi connectivity index (χ1v) is 6.35. The van der Waals surface area contributed by atoms with Crippen LogP contribution in [0.5, 0.6) is 0 Å². The lowest BCUT2D eigenvalue weighted by Gasteiger charge is -2.07. The minimum atomic E-state index is -4.65. The molecule has 3 rings (SSSR count). The normalized spacial score (nSPS) is 23.6. The van der Waals surface area contributed by atoms with Crippen molar-refractivity contribution in [2.24, 2.45) is 0 Å². The Balaban J connectivity index is 1.91. The van der Waals surface area contributed by atoms with Gasteiger partial charge in [-0.15, -0.1) is 10.2 Å². The zero-order valence-electron chi connectivity index (χ0n) is 9.66. The van der Waals surface area contributed by atoms with Crippen molar-refractivity contribution >= 4 is 22.3 Å². The number of rotatable bonds is 2. The fourth-order valence-electron chi connectivity index (χ4n) is 1.94. The molecular formula is C9H7F3N4O3S. The first kappa shape index (κ1) is 13.2. The minimum absolute atomic E-state index is 0.00491. The Morgan fingerprint density at radius 3 is 2.75 bits per heavy atom. The van der Waals surface area contributed by atoms with Gasteiger partial charge in [0.2, 0.25) is 4.96 Å². The Kier molecular flexibility index (Phi) is 2.90. The Morgan fingerprint density at radius 1 is 1.40 bits per heavy atom. The summed E-state index contributed by atoms with van der Waals surface area (Å²) in [5.41, 5.74) is 0. The van der Waals surface area contributed by atoms with Gasteiger partial charge in [-0.2, -0.15) is 22.8 Å². The van der Waals surface area contributed by atoms with Crippen LogP contribution in [0.2, 0.25) is 0 Å². The molecule has 3 heterocycles. The number of nitrogens with zero attached hydrogens (tertiary/aromatic N) is 4. The van der Waals surface area contributed by atoms with Crippen molar-refractivity contribution in [3.63, 3.8) is 0 Å². The molecule has 1 N–H and O–H groups in total. The molecule has 1 aliphatic heterocycles. The highest BCUT2D eigenvalue weighted by Crippen LogP contribution is 2.36. The molecule has 0 bridgehead atoms. The van der Waals surface area contributed by atoms with Crippen LogP contribution in [0.25, 0.3) is 4.96 Å². The average molecular weight is 308 g/mol. The molecule has 108 valence electrons. The van der Waals surface area contributed by atoms with Crippen LogP contribution >= 0.6 is 11.3 Å². The smallest absolute Gasteiger partial charge is 0.453 e. The van der Waals surface area contributed by atoms with Crippen LogP contribution in [0.15, 0.2) is 0 Å². The van der Waals surface area contributed by atoms with Crippen molar-refractivity contribution in [2.75, 3.05) is 0 Å². The number of carbonyl (C=O) groups is 1. The standard InChI is InChI=1S/C9H7F3N4O3S/c10-9(11,12)7-13-14-8-16(7)15-5(20-8)3-1-2-4(19-3)6(17)18/h3-4H,1-2H2,(H,17,18). The Morgan fingerprint density at radius 2 is 2.15 bits per heavy atom. The van der Waals surface area contributed by atoms with Crippen LogP contribution in [-0.2, 0) is 15.7 Å². The molecule has 2 aromatic rings. The van der Waals surface area contributed by atoms with Gasteiger partial charge in [-0.3, -0.25) is 0 Å². The van der Waals surface area contributed by atoms with Crippen molar-refractivity contribution in [2.45, 2.75) is 31.2 Å². The summed E-state index contributed by atoms with van der Waals surface area (Å²) in [4.78, 5) is 10.8. The fraction of sp³-hybridized carbons (Fsp3) is 0.556. The molecule has 1 fully saturated rings. The molecule has 11 heteroatoms. The van der Waals surface area contributed by atoms with E-state index in [1.165, 1.54) is 0 Å². The topological polar surface area (TPSA) is 89.6 Å². The molecule has 0 aliphatic carbocycles. The number of alkyl halides is 3. The van der Waals surface area contributed by atoms with Gasteiger partial charge in [0.1, 0.15) is 11.1 Å². The molecule has 2 aromatic heterocycles. The van der Waals surface area contributed by atoms with Crippen LogP contribution in [0.3, 0.4) is 0 Å². The Hall–Kier alpha value is -1.75. The van der Waals surface area contributed by atoms with E-state index in [1.807, 2.05) is 0 Å². The van der Waals surface area contributed by atoms with E-state index in [4.69, 9.17) is 9.84 Å². The lowest BCUT2D eigenvalue weighted by molar-refractivity contribution is -0.149. The number of ether oxygens (including phenoxy) is 1. The number of carboxylic acid groups (broad SMARTS) is 1. The highest BCUT2D eigenvalue weighted by atomic mass is 32.1. The van der Waals surface area contributed by atoms with Gasteiger partial charge in [-0.25, -0.2) is 4.79 Å². The fourth-order valence-corrected chi connectivity index (χ4v) is 2.85. The molecule has 7 nitrogen and oxygen atoms in total. The summed E-state index contributed by atoms with van der Waals surface area (Å²) < 4.78 is 43.8. The molecule has 0 spiro atoms. The Bertz CT molecular complexity index is 667. The van der Waals surface area contributed by atoms with Crippen LogP contribution in [-0.4, -0.2) is 37.0 Å². The third-order valence-corrected chi connectivity index (χ3v) is 3.82. The monoisotopic (exact) mass is 308 g/mol. The van der Waals surface area contributed by atoms with E-state index in [-0.39, 0.29) is 9.97 Å². The van der Waals surface area contributed by atoms with E-state index >= 15 is 0 Å². The highest BCUT2D eigenvalue weighted by molar-refractivity contribution is 7.16. The van der Waals surface area contributed by atoms with E-state index in [0.717, 1.165) is 11.3 Å². The van der Waals surface area contributed by atoms with Gasteiger partial charge in [-0.1, -0.05) is 11.3 Å². The maximum Gasteiger partial charge on any atom is 0.453 e. The molecule has 1 saturated heterocycles. The number of carboxylic acids is 1. The number of aromatic nitrogens is 4. The molecule has 2 atom stereocenters. The summed E-state index contributed by atoms with van der Waals surface area (Å²) in [6, 6.07) is 0. The second-order valence-corrected chi connectivity index (χ2v) is 5.17. The second-order valence-electron chi connectivity index (χ2n) is 4.18. The minimum Gasteiger partial charge on any atom is -0.479 e. The van der Waals surface area contributed by atoms with Crippen LogP contribution in [0.1, 0.15) is 29.8 Å². The van der Waals surface area contributed by atoms with E-state index in [1.54, 1.807) is 0 Å². The lowest BCUT2D eigenvalue weighted by atomic mass is 10.2. The molecule has 2 unspecified atom stereocenters. The van der Waals surface area contributed by atoms with Gasteiger partial charge in [-0.05, 0) is 12.8 Å². The highest BCUT2D eigenvalue weighted by Gasteiger charge is 2.39. The van der Waals surface area contributed by atoms with Gasteiger partial charge < -0.3 is 9.84 Å². The zero-order valence-corrected chi connectivity index (χ0v) is 10.5. The first-order chi connectivity index (χ1) is 9.36. The Labute approximate surface area is 113 Å². The number of hydrogen-bond acceptors (Lipinski definition) is 6. The maximum atomic E-state index is 12.6. The van der Waals surface area contributed by atoms with Crippen molar-refractivity contribution in [3.8, 4) is 0 Å². The molecule has 20 heavy (non-hydrogen) atoms. The number of aliphatic carboxylic acids is 1. The van der Waals surface area contributed by atoms with Crippen molar-refractivity contribution in [1.29, 1.82) is 0 Å². The third-order valence-electron chi connectivity index (χ3n) is 2.83. The lowest BCUT2D eigenvalue weighted by Crippen LogP contribution is -2.18. The van der Waals surface area contributed by atoms with Crippen LogP contribution < -0.4 is 0 Å². The summed E-state index contributed by atoms with van der Waals surface area (Å²) in [5, 5.41) is 19.3. The zero-order chi connectivity index (χ0) is 14.5. The predicted octanol–water partition coefficient (Wildman–Crippen LogP) is 1.51. The summed E-state index contributed by atoms with van der Waals surface area (Å²) in [6.45, 7) is 0. The number of halogens is 3. The summed E-state index contributed by atoms with van der Waals surface area (Å²) in [7, 11) is 0. The maximum absolute atomic E-state index is 12.6. The molecule has 0 radical (unpaired) electrons.